The van der Waals surface area contributed by atoms with Crippen molar-refractivity contribution in [2.75, 3.05) is 26.4 Å². The van der Waals surface area contributed by atoms with Gasteiger partial charge in [-0.2, -0.15) is 0 Å². The minimum absolute atomic E-state index is 0.546. The van der Waals surface area contributed by atoms with Crippen molar-refractivity contribution in [3.63, 3.8) is 0 Å². The number of hydrogen-bond acceptors (Lipinski definition) is 4. The van der Waals surface area contributed by atoms with E-state index in [2.05, 4.69) is 4.98 Å². The molecule has 1 heterocycles. The molecule has 0 amide bonds. The molecule has 0 aliphatic carbocycles. The maximum atomic E-state index is 5.35. The lowest BCUT2D eigenvalue weighted by Gasteiger charge is -2.05. The predicted molar refractivity (Wildman–Crippen MR) is 49.6 cm³/mol. The van der Waals surface area contributed by atoms with Crippen LogP contribution in [0.15, 0.2) is 24.5 Å². The minimum atomic E-state index is 0.546. The zero-order valence-corrected chi connectivity index (χ0v) is 7.48. The fourth-order valence-corrected chi connectivity index (χ4v) is 0.838. The van der Waals surface area contributed by atoms with E-state index in [1.165, 1.54) is 0 Å². The Morgan fingerprint density at radius 3 is 2.62 bits per heavy atom. The molecule has 1 aromatic rings. The number of rotatable bonds is 6. The lowest BCUT2D eigenvalue weighted by molar-refractivity contribution is 0.106. The van der Waals surface area contributed by atoms with Crippen molar-refractivity contribution in [2.45, 2.75) is 0 Å². The van der Waals surface area contributed by atoms with Crippen molar-refractivity contribution >= 4 is 0 Å². The van der Waals surface area contributed by atoms with E-state index in [9.17, 15) is 0 Å². The summed E-state index contributed by atoms with van der Waals surface area (Å²) in [7, 11) is 0. The third-order valence-electron chi connectivity index (χ3n) is 1.41. The Morgan fingerprint density at radius 1 is 1.15 bits per heavy atom. The molecule has 0 unspecified atom stereocenters. The predicted octanol–water partition coefficient (Wildman–Crippen LogP) is 0.436. The molecule has 0 atom stereocenters. The molecule has 0 aromatic carbocycles. The Hall–Kier alpha value is -1.13. The van der Waals surface area contributed by atoms with Crippen LogP contribution in [0, 0.1) is 0 Å². The van der Waals surface area contributed by atoms with Gasteiger partial charge >= 0.3 is 0 Å². The number of aromatic nitrogens is 1. The second-order valence-corrected chi connectivity index (χ2v) is 2.43. The van der Waals surface area contributed by atoms with Crippen LogP contribution >= 0.6 is 0 Å². The molecule has 72 valence electrons. The quantitative estimate of drug-likeness (QED) is 0.648. The molecule has 0 aliphatic rings. The van der Waals surface area contributed by atoms with Crippen LogP contribution in [0.5, 0.6) is 5.75 Å². The van der Waals surface area contributed by atoms with Crippen LogP contribution in [0.3, 0.4) is 0 Å². The second kappa shape index (κ2) is 6.39. The van der Waals surface area contributed by atoms with Crippen molar-refractivity contribution in [1.29, 1.82) is 0 Å². The van der Waals surface area contributed by atoms with E-state index < -0.39 is 0 Å². The van der Waals surface area contributed by atoms with E-state index in [0.29, 0.717) is 26.4 Å². The van der Waals surface area contributed by atoms with Gasteiger partial charge in [0.1, 0.15) is 12.4 Å². The zero-order chi connectivity index (χ0) is 9.36. The Labute approximate surface area is 77.7 Å². The molecule has 0 saturated heterocycles. The van der Waals surface area contributed by atoms with Crippen molar-refractivity contribution in [2.24, 2.45) is 5.73 Å². The summed E-state index contributed by atoms with van der Waals surface area (Å²) >= 11 is 0. The highest BCUT2D eigenvalue weighted by Gasteiger charge is 1.91. The molecule has 2 N–H and O–H groups in total. The molecular weight excluding hydrogens is 168 g/mol. The first-order chi connectivity index (χ1) is 6.43. The van der Waals surface area contributed by atoms with Crippen LogP contribution in [-0.2, 0) is 4.74 Å². The van der Waals surface area contributed by atoms with Gasteiger partial charge in [0, 0.05) is 18.9 Å². The van der Waals surface area contributed by atoms with Crippen LogP contribution in [0.2, 0.25) is 0 Å². The highest BCUT2D eigenvalue weighted by molar-refractivity contribution is 5.16. The topological polar surface area (TPSA) is 57.4 Å². The lowest BCUT2D eigenvalue weighted by atomic mass is 10.4. The Balaban J connectivity index is 2.07. The Morgan fingerprint density at radius 2 is 1.92 bits per heavy atom. The van der Waals surface area contributed by atoms with Crippen molar-refractivity contribution in [3.05, 3.63) is 24.5 Å². The van der Waals surface area contributed by atoms with E-state index in [0.717, 1.165) is 5.75 Å². The SMILES string of the molecule is NCCOCCOc1ccncc1. The van der Waals surface area contributed by atoms with Crippen molar-refractivity contribution in [3.8, 4) is 5.75 Å². The standard InChI is InChI=1S/C9H14N2O2/c10-3-6-12-7-8-13-9-1-4-11-5-2-9/h1-2,4-5H,3,6-8,10H2. The van der Waals surface area contributed by atoms with Crippen LogP contribution in [0.4, 0.5) is 0 Å². The molecule has 0 saturated carbocycles. The molecule has 0 fully saturated rings. The summed E-state index contributed by atoms with van der Waals surface area (Å²) in [5, 5.41) is 0. The molecule has 4 heteroatoms. The summed E-state index contributed by atoms with van der Waals surface area (Å²) < 4.78 is 10.5. The highest BCUT2D eigenvalue weighted by Crippen LogP contribution is 2.05. The average Bonchev–Trinajstić information content (AvgIpc) is 2.19. The third kappa shape index (κ3) is 4.45. The van der Waals surface area contributed by atoms with Crippen LogP contribution in [0.1, 0.15) is 0 Å². The number of ether oxygens (including phenoxy) is 2. The summed E-state index contributed by atoms with van der Waals surface area (Å²) in [6.07, 6.45) is 3.38. The molecule has 0 bridgehead atoms. The van der Waals surface area contributed by atoms with Crippen molar-refractivity contribution in [1.82, 2.24) is 4.98 Å². The Bertz CT molecular complexity index is 216. The summed E-state index contributed by atoms with van der Waals surface area (Å²) in [5.41, 5.74) is 5.25. The number of nitrogens with two attached hydrogens (primary N) is 1. The van der Waals surface area contributed by atoms with Crippen LogP contribution in [0.25, 0.3) is 0 Å². The molecule has 0 aliphatic heterocycles. The molecular formula is C9H14N2O2. The number of nitrogens with zero attached hydrogens (tertiary/aromatic N) is 1. The van der Waals surface area contributed by atoms with Gasteiger partial charge < -0.3 is 15.2 Å². The monoisotopic (exact) mass is 182 g/mol. The second-order valence-electron chi connectivity index (χ2n) is 2.43. The average molecular weight is 182 g/mol. The van der Waals surface area contributed by atoms with E-state index >= 15 is 0 Å². The third-order valence-corrected chi connectivity index (χ3v) is 1.41. The normalized spacial score (nSPS) is 9.92. The van der Waals surface area contributed by atoms with Crippen LogP contribution in [-0.4, -0.2) is 31.3 Å². The molecule has 0 spiro atoms. The molecule has 1 rings (SSSR count). The molecule has 4 nitrogen and oxygen atoms in total. The van der Waals surface area contributed by atoms with Crippen molar-refractivity contribution < 1.29 is 9.47 Å². The first-order valence-electron chi connectivity index (χ1n) is 4.24. The van der Waals surface area contributed by atoms with Crippen LogP contribution < -0.4 is 10.5 Å². The van der Waals surface area contributed by atoms with Gasteiger partial charge in [-0.25, -0.2) is 0 Å². The van der Waals surface area contributed by atoms with E-state index in [1.807, 2.05) is 12.1 Å². The maximum Gasteiger partial charge on any atom is 0.122 e. The minimum Gasteiger partial charge on any atom is -0.491 e. The number of pyridine rings is 1. The molecule has 1 aromatic heterocycles. The van der Waals surface area contributed by atoms with Gasteiger partial charge in [-0.05, 0) is 12.1 Å². The fourth-order valence-electron chi connectivity index (χ4n) is 0.838. The molecule has 13 heavy (non-hydrogen) atoms. The molecule has 0 radical (unpaired) electrons. The van der Waals surface area contributed by atoms with Gasteiger partial charge in [0.25, 0.3) is 0 Å². The lowest BCUT2D eigenvalue weighted by Crippen LogP contribution is -2.13. The summed E-state index contributed by atoms with van der Waals surface area (Å²) in [6, 6.07) is 3.62. The van der Waals surface area contributed by atoms with Gasteiger partial charge in [0.2, 0.25) is 0 Å². The summed E-state index contributed by atoms with van der Waals surface area (Å²) in [4.78, 5) is 3.88. The number of hydrogen-bond donors (Lipinski definition) is 1. The fraction of sp³-hybridized carbons (Fsp3) is 0.444. The van der Waals surface area contributed by atoms with Gasteiger partial charge in [0.05, 0.1) is 13.2 Å². The largest absolute Gasteiger partial charge is 0.491 e. The first kappa shape index (κ1) is 9.95. The summed E-state index contributed by atoms with van der Waals surface area (Å²) in [6.45, 7) is 2.25. The maximum absolute atomic E-state index is 5.35. The van der Waals surface area contributed by atoms with E-state index in [-0.39, 0.29) is 0 Å². The zero-order valence-electron chi connectivity index (χ0n) is 7.48. The Kier molecular flexibility index (Phi) is 4.90. The van der Waals surface area contributed by atoms with E-state index in [4.69, 9.17) is 15.2 Å². The first-order valence-corrected chi connectivity index (χ1v) is 4.24. The van der Waals surface area contributed by atoms with E-state index in [1.54, 1.807) is 12.4 Å². The van der Waals surface area contributed by atoms with Gasteiger partial charge in [0.15, 0.2) is 0 Å². The van der Waals surface area contributed by atoms with Gasteiger partial charge in [-0.3, -0.25) is 4.98 Å². The van der Waals surface area contributed by atoms with Gasteiger partial charge in [-0.15, -0.1) is 0 Å². The van der Waals surface area contributed by atoms with Gasteiger partial charge in [-0.1, -0.05) is 0 Å². The smallest absolute Gasteiger partial charge is 0.122 e. The highest BCUT2D eigenvalue weighted by atomic mass is 16.5. The summed E-state index contributed by atoms with van der Waals surface area (Å²) in [5.74, 6) is 0.811.